The van der Waals surface area contributed by atoms with Gasteiger partial charge >= 0.3 is 0 Å². The molecule has 0 fully saturated rings. The van der Waals surface area contributed by atoms with E-state index in [-0.39, 0.29) is 23.3 Å². The van der Waals surface area contributed by atoms with Crippen LogP contribution < -0.4 is 15.8 Å². The van der Waals surface area contributed by atoms with Crippen molar-refractivity contribution >= 4 is 5.91 Å². The Labute approximate surface area is 125 Å². The van der Waals surface area contributed by atoms with Gasteiger partial charge in [-0.1, -0.05) is 0 Å². The Hall–Kier alpha value is -1.62. The zero-order valence-electron chi connectivity index (χ0n) is 13.4. The van der Waals surface area contributed by atoms with Crippen molar-refractivity contribution in [1.82, 2.24) is 5.32 Å². The molecular formula is C16H25FN2O2. The summed E-state index contributed by atoms with van der Waals surface area (Å²) in [5.74, 6) is -0.0615. The molecule has 1 aromatic carbocycles. The molecule has 2 atom stereocenters. The van der Waals surface area contributed by atoms with Crippen molar-refractivity contribution in [2.45, 2.75) is 58.7 Å². The van der Waals surface area contributed by atoms with Gasteiger partial charge in [-0.25, -0.2) is 4.39 Å². The molecule has 3 N–H and O–H groups in total. The molecule has 0 aliphatic carbocycles. The Bertz CT molecular complexity index is 496. The number of benzene rings is 1. The summed E-state index contributed by atoms with van der Waals surface area (Å²) in [7, 11) is 0. The number of rotatable bonds is 5. The van der Waals surface area contributed by atoms with Gasteiger partial charge < -0.3 is 15.8 Å². The first-order valence-electron chi connectivity index (χ1n) is 7.11. The Morgan fingerprint density at radius 2 is 2.00 bits per heavy atom. The highest BCUT2D eigenvalue weighted by Crippen LogP contribution is 2.22. The van der Waals surface area contributed by atoms with E-state index < -0.39 is 6.10 Å². The molecule has 1 rings (SSSR count). The van der Waals surface area contributed by atoms with Gasteiger partial charge in [0.25, 0.3) is 5.91 Å². The molecule has 21 heavy (non-hydrogen) atoms. The van der Waals surface area contributed by atoms with E-state index in [1.165, 1.54) is 18.2 Å². The quantitative estimate of drug-likeness (QED) is 0.877. The second kappa shape index (κ2) is 6.89. The van der Waals surface area contributed by atoms with Crippen LogP contribution in [0.5, 0.6) is 5.75 Å². The number of nitrogens with one attached hydrogen (secondary N) is 1. The predicted octanol–water partition coefficient (Wildman–Crippen LogP) is 2.40. The molecule has 0 aliphatic rings. The van der Waals surface area contributed by atoms with Crippen molar-refractivity contribution < 1.29 is 13.9 Å². The van der Waals surface area contributed by atoms with Gasteiger partial charge in [-0.2, -0.15) is 0 Å². The second-order valence-corrected chi connectivity index (χ2v) is 6.43. The zero-order chi connectivity index (χ0) is 16.2. The number of hydrogen-bond acceptors (Lipinski definition) is 3. The summed E-state index contributed by atoms with van der Waals surface area (Å²) in [6.07, 6.45) is -0.178. The molecule has 1 aromatic rings. The first-order valence-corrected chi connectivity index (χ1v) is 7.11. The fourth-order valence-electron chi connectivity index (χ4n) is 1.88. The Kier molecular flexibility index (Phi) is 5.72. The third kappa shape index (κ3) is 6.12. The van der Waals surface area contributed by atoms with Crippen molar-refractivity contribution in [3.63, 3.8) is 0 Å². The van der Waals surface area contributed by atoms with Crippen LogP contribution >= 0.6 is 0 Å². The summed E-state index contributed by atoms with van der Waals surface area (Å²) in [4.78, 5) is 12.0. The molecule has 0 aliphatic heterocycles. The number of amides is 1. The van der Waals surface area contributed by atoms with E-state index in [2.05, 4.69) is 5.32 Å². The molecule has 0 saturated carbocycles. The molecule has 5 heteroatoms. The molecule has 2 unspecified atom stereocenters. The number of carbonyl (C=O) groups is 1. The van der Waals surface area contributed by atoms with E-state index >= 15 is 0 Å². The highest BCUT2D eigenvalue weighted by Gasteiger charge is 2.21. The summed E-state index contributed by atoms with van der Waals surface area (Å²) in [6, 6.07) is 4.13. The second-order valence-electron chi connectivity index (χ2n) is 6.43. The number of ether oxygens (including phenoxy) is 1. The minimum Gasteiger partial charge on any atom is -0.481 e. The minimum absolute atomic E-state index is 0.118. The summed E-state index contributed by atoms with van der Waals surface area (Å²) in [5, 5.41) is 2.85. The van der Waals surface area contributed by atoms with Crippen LogP contribution in [0.2, 0.25) is 0 Å². The number of nitrogens with two attached hydrogens (primary N) is 1. The smallest absolute Gasteiger partial charge is 0.261 e. The zero-order valence-corrected chi connectivity index (χ0v) is 13.4. The monoisotopic (exact) mass is 296 g/mol. The van der Waals surface area contributed by atoms with Gasteiger partial charge in [0.05, 0.1) is 0 Å². The van der Waals surface area contributed by atoms with Crippen LogP contribution in [0, 0.1) is 5.82 Å². The van der Waals surface area contributed by atoms with Gasteiger partial charge in [-0.15, -0.1) is 0 Å². The fraction of sp³-hybridized carbons (Fsp3) is 0.562. The Morgan fingerprint density at radius 1 is 1.38 bits per heavy atom. The largest absolute Gasteiger partial charge is 0.481 e. The molecule has 0 heterocycles. The van der Waals surface area contributed by atoms with Crippen LogP contribution in [0.1, 0.15) is 40.2 Å². The number of halogens is 1. The molecule has 0 bridgehead atoms. The predicted molar refractivity (Wildman–Crippen MR) is 81.7 cm³/mol. The van der Waals surface area contributed by atoms with Crippen molar-refractivity contribution in [2.24, 2.45) is 5.73 Å². The van der Waals surface area contributed by atoms with E-state index in [4.69, 9.17) is 10.5 Å². The van der Waals surface area contributed by atoms with Crippen LogP contribution in [-0.2, 0) is 11.2 Å². The summed E-state index contributed by atoms with van der Waals surface area (Å²) >= 11 is 0. The van der Waals surface area contributed by atoms with Crippen LogP contribution in [0.25, 0.3) is 0 Å². The maximum absolute atomic E-state index is 13.3. The van der Waals surface area contributed by atoms with Gasteiger partial charge in [0.15, 0.2) is 6.10 Å². The third-order valence-electron chi connectivity index (χ3n) is 2.74. The van der Waals surface area contributed by atoms with Crippen LogP contribution in [0.4, 0.5) is 4.39 Å². The Balaban J connectivity index is 2.84. The van der Waals surface area contributed by atoms with Crippen molar-refractivity contribution in [1.29, 1.82) is 0 Å². The van der Waals surface area contributed by atoms with Gasteiger partial charge in [0, 0.05) is 11.6 Å². The highest BCUT2D eigenvalue weighted by molar-refractivity contribution is 5.81. The number of carbonyl (C=O) groups excluding carboxylic acids is 1. The third-order valence-corrected chi connectivity index (χ3v) is 2.74. The molecule has 118 valence electrons. The topological polar surface area (TPSA) is 64.3 Å². The summed E-state index contributed by atoms with van der Waals surface area (Å²) in [5.41, 5.74) is 6.10. The normalized spacial score (nSPS) is 14.4. The van der Waals surface area contributed by atoms with Gasteiger partial charge in [-0.05, 0) is 64.8 Å². The lowest BCUT2D eigenvalue weighted by atomic mass is 10.1. The van der Waals surface area contributed by atoms with Crippen LogP contribution in [0.3, 0.4) is 0 Å². The average Bonchev–Trinajstić information content (AvgIpc) is 2.29. The fourth-order valence-corrected chi connectivity index (χ4v) is 1.88. The Morgan fingerprint density at radius 3 is 2.52 bits per heavy atom. The van der Waals surface area contributed by atoms with Crippen LogP contribution in [-0.4, -0.2) is 23.6 Å². The maximum atomic E-state index is 13.3. The van der Waals surface area contributed by atoms with Gasteiger partial charge in [-0.3, -0.25) is 4.79 Å². The lowest BCUT2D eigenvalue weighted by Gasteiger charge is -2.24. The molecule has 4 nitrogen and oxygen atoms in total. The molecule has 0 aromatic heterocycles. The molecule has 0 saturated heterocycles. The van der Waals surface area contributed by atoms with E-state index in [9.17, 15) is 9.18 Å². The first-order chi connectivity index (χ1) is 9.58. The van der Waals surface area contributed by atoms with E-state index in [1.807, 2.05) is 27.7 Å². The lowest BCUT2D eigenvalue weighted by Crippen LogP contribution is -2.46. The van der Waals surface area contributed by atoms with Crippen molar-refractivity contribution in [2.75, 3.05) is 0 Å². The molecule has 0 spiro atoms. The molecular weight excluding hydrogens is 271 g/mol. The van der Waals surface area contributed by atoms with E-state index in [0.29, 0.717) is 17.7 Å². The van der Waals surface area contributed by atoms with Gasteiger partial charge in [0.2, 0.25) is 0 Å². The van der Waals surface area contributed by atoms with Gasteiger partial charge in [0.1, 0.15) is 11.6 Å². The standard InChI is InChI=1S/C16H25FN2O2/c1-10(18)8-12-9-13(17)6-7-14(12)21-11(2)15(20)19-16(3,4)5/h6-7,9-11H,8,18H2,1-5H3,(H,19,20). The molecule has 1 amide bonds. The number of hydrogen-bond donors (Lipinski definition) is 2. The van der Waals surface area contributed by atoms with Crippen molar-refractivity contribution in [3.05, 3.63) is 29.6 Å². The first kappa shape index (κ1) is 17.4. The summed E-state index contributed by atoms with van der Waals surface area (Å²) in [6.45, 7) is 9.20. The lowest BCUT2D eigenvalue weighted by molar-refractivity contribution is -0.128. The van der Waals surface area contributed by atoms with Crippen molar-refractivity contribution in [3.8, 4) is 5.75 Å². The average molecular weight is 296 g/mol. The van der Waals surface area contributed by atoms with E-state index in [0.717, 1.165) is 0 Å². The SMILES string of the molecule is CC(N)Cc1cc(F)ccc1OC(C)C(=O)NC(C)(C)C. The van der Waals surface area contributed by atoms with Crippen LogP contribution in [0.15, 0.2) is 18.2 Å². The minimum atomic E-state index is -0.665. The molecule has 0 radical (unpaired) electrons. The highest BCUT2D eigenvalue weighted by atomic mass is 19.1. The summed E-state index contributed by atoms with van der Waals surface area (Å²) < 4.78 is 19.0. The maximum Gasteiger partial charge on any atom is 0.261 e. The van der Waals surface area contributed by atoms with E-state index in [1.54, 1.807) is 6.92 Å².